The van der Waals surface area contributed by atoms with Gasteiger partial charge in [-0.05, 0) is 49.9 Å². The summed E-state index contributed by atoms with van der Waals surface area (Å²) in [5, 5.41) is 3.58. The van der Waals surface area contributed by atoms with Crippen molar-refractivity contribution in [2.75, 3.05) is 13.1 Å². The standard InChI is InChI=1S/C22H26Cl2N2O3S/c1-3-20(16-6-4-15(2)5-7-16)25-22(27)17-10-12-26(13-11-17)30(28,29)21-14-18(23)8-9-19(21)24/h4-9,14,17,20H,3,10-13H2,1-2H3,(H,25,27). The average Bonchev–Trinajstić information content (AvgIpc) is 2.74. The van der Waals surface area contributed by atoms with E-state index in [2.05, 4.69) is 5.32 Å². The number of hydrogen-bond donors (Lipinski definition) is 1. The van der Waals surface area contributed by atoms with E-state index in [1.54, 1.807) is 6.07 Å². The molecule has 0 spiro atoms. The lowest BCUT2D eigenvalue weighted by Gasteiger charge is -2.31. The molecule has 1 aliphatic heterocycles. The van der Waals surface area contributed by atoms with E-state index in [0.29, 0.717) is 17.9 Å². The molecule has 1 atom stereocenters. The Balaban J connectivity index is 1.63. The van der Waals surface area contributed by atoms with Crippen LogP contribution in [0.15, 0.2) is 47.4 Å². The maximum Gasteiger partial charge on any atom is 0.244 e. The highest BCUT2D eigenvalue weighted by molar-refractivity contribution is 7.89. The van der Waals surface area contributed by atoms with Gasteiger partial charge in [0.05, 0.1) is 11.1 Å². The van der Waals surface area contributed by atoms with Gasteiger partial charge in [0.1, 0.15) is 4.90 Å². The van der Waals surface area contributed by atoms with Crippen molar-refractivity contribution in [3.63, 3.8) is 0 Å². The van der Waals surface area contributed by atoms with Crippen molar-refractivity contribution in [3.8, 4) is 0 Å². The fourth-order valence-corrected chi connectivity index (χ4v) is 5.89. The molecule has 2 aromatic carbocycles. The fraction of sp³-hybridized carbons (Fsp3) is 0.409. The van der Waals surface area contributed by atoms with Crippen LogP contribution in [0.2, 0.25) is 10.0 Å². The second kappa shape index (κ2) is 9.69. The molecule has 1 amide bonds. The van der Waals surface area contributed by atoms with Gasteiger partial charge < -0.3 is 5.32 Å². The molecule has 0 radical (unpaired) electrons. The zero-order valence-corrected chi connectivity index (χ0v) is 19.4. The molecular weight excluding hydrogens is 443 g/mol. The fourth-order valence-electron chi connectivity index (χ4n) is 3.68. The maximum atomic E-state index is 13.0. The van der Waals surface area contributed by atoms with Gasteiger partial charge in [0.15, 0.2) is 0 Å². The van der Waals surface area contributed by atoms with Gasteiger partial charge in [-0.15, -0.1) is 0 Å². The first-order valence-corrected chi connectivity index (χ1v) is 12.2. The number of piperidine rings is 1. The van der Waals surface area contributed by atoms with Crippen molar-refractivity contribution < 1.29 is 13.2 Å². The summed E-state index contributed by atoms with van der Waals surface area (Å²) in [6.45, 7) is 4.60. The van der Waals surface area contributed by atoms with E-state index >= 15 is 0 Å². The third kappa shape index (κ3) is 5.17. The van der Waals surface area contributed by atoms with E-state index in [9.17, 15) is 13.2 Å². The van der Waals surface area contributed by atoms with Crippen LogP contribution in [-0.4, -0.2) is 31.7 Å². The zero-order chi connectivity index (χ0) is 21.9. The van der Waals surface area contributed by atoms with Crippen molar-refractivity contribution in [2.24, 2.45) is 5.92 Å². The Morgan fingerprint density at radius 3 is 2.37 bits per heavy atom. The lowest BCUT2D eigenvalue weighted by atomic mass is 9.95. The SMILES string of the molecule is CCC(NC(=O)C1CCN(S(=O)(=O)c2cc(Cl)ccc2Cl)CC1)c1ccc(C)cc1. The lowest BCUT2D eigenvalue weighted by Crippen LogP contribution is -2.43. The quantitative estimate of drug-likeness (QED) is 0.650. The number of sulfonamides is 1. The Labute approximate surface area is 188 Å². The number of rotatable bonds is 6. The number of halogens is 2. The molecule has 162 valence electrons. The molecule has 1 N–H and O–H groups in total. The molecule has 5 nitrogen and oxygen atoms in total. The molecule has 1 saturated heterocycles. The number of benzene rings is 2. The predicted octanol–water partition coefficient (Wildman–Crippen LogP) is 4.97. The van der Waals surface area contributed by atoms with Crippen molar-refractivity contribution >= 4 is 39.1 Å². The monoisotopic (exact) mass is 468 g/mol. The maximum absolute atomic E-state index is 13.0. The number of nitrogens with zero attached hydrogens (tertiary/aromatic N) is 1. The van der Waals surface area contributed by atoms with Crippen molar-refractivity contribution in [1.82, 2.24) is 9.62 Å². The minimum atomic E-state index is -3.75. The summed E-state index contributed by atoms with van der Waals surface area (Å²) >= 11 is 12.0. The van der Waals surface area contributed by atoms with E-state index in [1.165, 1.54) is 22.0 Å². The number of aryl methyl sites for hydroxylation is 1. The highest BCUT2D eigenvalue weighted by Crippen LogP contribution is 2.30. The molecule has 2 aromatic rings. The molecular formula is C22H26Cl2N2O3S. The Morgan fingerprint density at radius 1 is 1.13 bits per heavy atom. The first-order chi connectivity index (χ1) is 14.2. The van der Waals surface area contributed by atoms with Crippen LogP contribution >= 0.6 is 23.2 Å². The van der Waals surface area contributed by atoms with E-state index in [0.717, 1.165) is 12.0 Å². The Bertz CT molecular complexity index is 1000. The Hall–Kier alpha value is -1.60. The smallest absolute Gasteiger partial charge is 0.244 e. The second-order valence-electron chi connectivity index (χ2n) is 7.63. The summed E-state index contributed by atoms with van der Waals surface area (Å²) in [7, 11) is -3.75. The highest BCUT2D eigenvalue weighted by atomic mass is 35.5. The Kier molecular flexibility index (Phi) is 7.45. The number of carbonyl (C=O) groups is 1. The van der Waals surface area contributed by atoms with Gasteiger partial charge in [0, 0.05) is 24.0 Å². The van der Waals surface area contributed by atoms with Crippen molar-refractivity contribution in [3.05, 3.63) is 63.6 Å². The number of hydrogen-bond acceptors (Lipinski definition) is 3. The molecule has 1 fully saturated rings. The molecule has 1 heterocycles. The van der Waals surface area contributed by atoms with Crippen molar-refractivity contribution in [1.29, 1.82) is 0 Å². The van der Waals surface area contributed by atoms with Crippen LogP contribution in [0.1, 0.15) is 43.4 Å². The summed E-state index contributed by atoms with van der Waals surface area (Å²) in [6.07, 6.45) is 1.72. The average molecular weight is 469 g/mol. The molecule has 0 bridgehead atoms. The van der Waals surface area contributed by atoms with Crippen LogP contribution in [0, 0.1) is 12.8 Å². The van der Waals surface area contributed by atoms with Gasteiger partial charge in [-0.2, -0.15) is 4.31 Å². The van der Waals surface area contributed by atoms with Crippen LogP contribution in [-0.2, 0) is 14.8 Å². The molecule has 3 rings (SSSR count). The van der Waals surface area contributed by atoms with Crippen LogP contribution in [0.3, 0.4) is 0 Å². The second-order valence-corrected chi connectivity index (χ2v) is 10.4. The van der Waals surface area contributed by atoms with Crippen LogP contribution in [0.5, 0.6) is 0 Å². The minimum Gasteiger partial charge on any atom is -0.349 e. The van der Waals surface area contributed by atoms with Gasteiger partial charge >= 0.3 is 0 Å². The number of amides is 1. The predicted molar refractivity (Wildman–Crippen MR) is 120 cm³/mol. The minimum absolute atomic E-state index is 0.00462. The number of nitrogens with one attached hydrogen (secondary N) is 1. The van der Waals surface area contributed by atoms with Gasteiger partial charge in [-0.3, -0.25) is 4.79 Å². The summed E-state index contributed by atoms with van der Waals surface area (Å²) in [4.78, 5) is 12.8. The van der Waals surface area contributed by atoms with E-state index in [1.807, 2.05) is 38.1 Å². The van der Waals surface area contributed by atoms with Gasteiger partial charge in [0.2, 0.25) is 15.9 Å². The van der Waals surface area contributed by atoms with Crippen molar-refractivity contribution in [2.45, 2.75) is 44.0 Å². The summed E-state index contributed by atoms with van der Waals surface area (Å²) < 4.78 is 27.3. The summed E-state index contributed by atoms with van der Waals surface area (Å²) in [6, 6.07) is 12.5. The number of carbonyl (C=O) groups excluding carboxylic acids is 1. The molecule has 1 aliphatic rings. The Morgan fingerprint density at radius 2 is 1.77 bits per heavy atom. The third-order valence-electron chi connectivity index (χ3n) is 5.54. The third-order valence-corrected chi connectivity index (χ3v) is 8.16. The summed E-state index contributed by atoms with van der Waals surface area (Å²) in [5.41, 5.74) is 2.25. The molecule has 8 heteroatoms. The first kappa shape index (κ1) is 23.1. The molecule has 30 heavy (non-hydrogen) atoms. The van der Waals surface area contributed by atoms with E-state index in [-0.39, 0.29) is 40.9 Å². The van der Waals surface area contributed by atoms with Crippen LogP contribution < -0.4 is 5.32 Å². The largest absolute Gasteiger partial charge is 0.349 e. The van der Waals surface area contributed by atoms with Gasteiger partial charge in [-0.1, -0.05) is 60.0 Å². The lowest BCUT2D eigenvalue weighted by molar-refractivity contribution is -0.126. The molecule has 0 saturated carbocycles. The van der Waals surface area contributed by atoms with Gasteiger partial charge in [0.25, 0.3) is 0 Å². The molecule has 0 aliphatic carbocycles. The normalized spacial score (nSPS) is 16.9. The molecule has 0 aromatic heterocycles. The summed E-state index contributed by atoms with van der Waals surface area (Å²) in [5.74, 6) is -0.244. The van der Waals surface area contributed by atoms with Crippen LogP contribution in [0.4, 0.5) is 0 Å². The highest BCUT2D eigenvalue weighted by Gasteiger charge is 2.33. The zero-order valence-electron chi connectivity index (χ0n) is 17.1. The van der Waals surface area contributed by atoms with Gasteiger partial charge in [-0.25, -0.2) is 8.42 Å². The first-order valence-electron chi connectivity index (χ1n) is 10.0. The van der Waals surface area contributed by atoms with Crippen LogP contribution in [0.25, 0.3) is 0 Å². The van der Waals surface area contributed by atoms with E-state index in [4.69, 9.17) is 23.2 Å². The molecule has 1 unspecified atom stereocenters. The topological polar surface area (TPSA) is 66.5 Å². The van der Waals surface area contributed by atoms with E-state index < -0.39 is 10.0 Å².